The highest BCUT2D eigenvalue weighted by Gasteiger charge is 2.25. The predicted molar refractivity (Wildman–Crippen MR) is 87.4 cm³/mol. The number of thioether (sulfide) groups is 1. The van der Waals surface area contributed by atoms with Gasteiger partial charge in [0.05, 0.1) is 11.4 Å². The molecule has 2 aromatic heterocycles. The van der Waals surface area contributed by atoms with Gasteiger partial charge in [0.1, 0.15) is 10.7 Å². The van der Waals surface area contributed by atoms with E-state index < -0.39 is 0 Å². The van der Waals surface area contributed by atoms with Gasteiger partial charge in [0.15, 0.2) is 5.82 Å². The van der Waals surface area contributed by atoms with E-state index in [-0.39, 0.29) is 6.04 Å². The van der Waals surface area contributed by atoms with Crippen LogP contribution in [0.3, 0.4) is 0 Å². The Morgan fingerprint density at radius 2 is 2.15 bits per heavy atom. The third kappa shape index (κ3) is 2.28. The number of hydrazine groups is 1. The van der Waals surface area contributed by atoms with E-state index in [0.29, 0.717) is 0 Å². The zero-order valence-corrected chi connectivity index (χ0v) is 13.6. The molecule has 108 valence electrons. The fraction of sp³-hybridized carbons (Fsp3) is 0.538. The van der Waals surface area contributed by atoms with Gasteiger partial charge in [-0.3, -0.25) is 4.90 Å². The molecule has 20 heavy (non-hydrogen) atoms. The highest BCUT2D eigenvalue weighted by molar-refractivity contribution is 7.99. The number of anilines is 1. The number of aromatic nitrogens is 2. The second-order valence-electron chi connectivity index (χ2n) is 5.11. The molecule has 1 aliphatic heterocycles. The van der Waals surface area contributed by atoms with Crippen LogP contribution in [0.25, 0.3) is 10.2 Å². The van der Waals surface area contributed by atoms with Crippen LogP contribution in [0.15, 0.2) is 0 Å². The summed E-state index contributed by atoms with van der Waals surface area (Å²) in [7, 11) is 2.14. The van der Waals surface area contributed by atoms with Crippen LogP contribution in [0.5, 0.6) is 0 Å². The van der Waals surface area contributed by atoms with Gasteiger partial charge in [0.25, 0.3) is 0 Å². The van der Waals surface area contributed by atoms with Gasteiger partial charge in [-0.15, -0.1) is 11.3 Å². The number of nitrogens with one attached hydrogen (secondary N) is 1. The maximum absolute atomic E-state index is 5.67. The Hall–Kier alpha value is -0.890. The van der Waals surface area contributed by atoms with E-state index >= 15 is 0 Å². The van der Waals surface area contributed by atoms with E-state index in [1.165, 1.54) is 16.2 Å². The molecule has 0 bridgehead atoms. The smallest absolute Gasteiger partial charge is 0.152 e. The van der Waals surface area contributed by atoms with Crippen molar-refractivity contribution in [2.75, 3.05) is 30.5 Å². The zero-order valence-electron chi connectivity index (χ0n) is 11.9. The van der Waals surface area contributed by atoms with Gasteiger partial charge < -0.3 is 5.43 Å². The van der Waals surface area contributed by atoms with Crippen LogP contribution in [0.1, 0.15) is 22.3 Å². The molecule has 7 heteroatoms. The lowest BCUT2D eigenvalue weighted by molar-refractivity contribution is 0.265. The molecule has 0 spiro atoms. The minimum absolute atomic E-state index is 0.271. The number of aryl methyl sites for hydroxylation is 2. The molecule has 3 heterocycles. The molecule has 0 aromatic carbocycles. The molecule has 5 nitrogen and oxygen atoms in total. The van der Waals surface area contributed by atoms with E-state index in [1.54, 1.807) is 11.3 Å². The van der Waals surface area contributed by atoms with Crippen molar-refractivity contribution in [2.24, 2.45) is 5.84 Å². The van der Waals surface area contributed by atoms with Crippen molar-refractivity contribution >= 4 is 39.1 Å². The predicted octanol–water partition coefficient (Wildman–Crippen LogP) is 2.31. The number of fused-ring (bicyclic) bond motifs is 1. The van der Waals surface area contributed by atoms with E-state index in [1.807, 2.05) is 11.8 Å². The maximum atomic E-state index is 5.67. The Bertz CT molecular complexity index is 639. The molecule has 0 saturated carbocycles. The minimum atomic E-state index is 0.271. The molecular formula is C13H19N5S2. The standard InChI is InChI=1S/C13H19N5S2/c1-7-8(2)20-13-10(7)12(17-14)15-11(16-13)9-6-19-5-4-18(9)3/h9H,4-6,14H2,1-3H3,(H,15,16,17). The fourth-order valence-corrected chi connectivity index (χ4v) is 4.72. The van der Waals surface area contributed by atoms with Crippen LogP contribution in [-0.2, 0) is 0 Å². The van der Waals surface area contributed by atoms with Gasteiger partial charge in [-0.25, -0.2) is 15.8 Å². The number of hydrogen-bond donors (Lipinski definition) is 2. The molecule has 2 aromatic rings. The summed E-state index contributed by atoms with van der Waals surface area (Å²) in [6, 6.07) is 0.271. The Morgan fingerprint density at radius 3 is 2.85 bits per heavy atom. The van der Waals surface area contributed by atoms with Crippen LogP contribution < -0.4 is 11.3 Å². The molecule has 1 saturated heterocycles. The second kappa shape index (κ2) is 5.48. The second-order valence-corrected chi connectivity index (χ2v) is 7.46. The first-order chi connectivity index (χ1) is 9.61. The Balaban J connectivity index is 2.13. The van der Waals surface area contributed by atoms with Gasteiger partial charge in [0, 0.05) is 22.9 Å². The van der Waals surface area contributed by atoms with Crippen molar-refractivity contribution in [3.8, 4) is 0 Å². The van der Waals surface area contributed by atoms with Crippen molar-refractivity contribution in [3.05, 3.63) is 16.3 Å². The molecule has 1 unspecified atom stereocenters. The summed E-state index contributed by atoms with van der Waals surface area (Å²) in [6.45, 7) is 5.29. The first-order valence-electron chi connectivity index (χ1n) is 6.64. The van der Waals surface area contributed by atoms with Gasteiger partial charge in [-0.05, 0) is 26.5 Å². The highest BCUT2D eigenvalue weighted by atomic mass is 32.2. The first-order valence-corrected chi connectivity index (χ1v) is 8.61. The lowest BCUT2D eigenvalue weighted by Gasteiger charge is -2.30. The number of nitrogen functional groups attached to an aromatic ring is 1. The molecule has 0 aliphatic carbocycles. The summed E-state index contributed by atoms with van der Waals surface area (Å²) in [6.07, 6.45) is 0. The summed E-state index contributed by atoms with van der Waals surface area (Å²) < 4.78 is 0. The minimum Gasteiger partial charge on any atom is -0.308 e. The molecule has 3 N–H and O–H groups in total. The van der Waals surface area contributed by atoms with E-state index in [4.69, 9.17) is 10.8 Å². The van der Waals surface area contributed by atoms with Crippen LogP contribution in [0.2, 0.25) is 0 Å². The van der Waals surface area contributed by atoms with Crippen LogP contribution in [-0.4, -0.2) is 40.0 Å². The average Bonchev–Trinajstić information content (AvgIpc) is 2.73. The van der Waals surface area contributed by atoms with Gasteiger partial charge in [0.2, 0.25) is 0 Å². The third-order valence-corrected chi connectivity index (χ3v) is 6.00. The van der Waals surface area contributed by atoms with Gasteiger partial charge in [-0.1, -0.05) is 0 Å². The highest BCUT2D eigenvalue weighted by Crippen LogP contribution is 2.35. The lowest BCUT2D eigenvalue weighted by atomic mass is 10.2. The van der Waals surface area contributed by atoms with Crippen LogP contribution in [0.4, 0.5) is 5.82 Å². The first kappa shape index (κ1) is 14.1. The van der Waals surface area contributed by atoms with Crippen LogP contribution in [0, 0.1) is 13.8 Å². The molecule has 0 radical (unpaired) electrons. The summed E-state index contributed by atoms with van der Waals surface area (Å²) in [5.74, 6) is 9.51. The van der Waals surface area contributed by atoms with E-state index in [0.717, 1.165) is 34.2 Å². The summed E-state index contributed by atoms with van der Waals surface area (Å²) in [4.78, 5) is 14.1. The van der Waals surface area contributed by atoms with Crippen molar-refractivity contribution in [1.29, 1.82) is 0 Å². The van der Waals surface area contributed by atoms with Crippen molar-refractivity contribution in [2.45, 2.75) is 19.9 Å². The average molecular weight is 309 g/mol. The van der Waals surface area contributed by atoms with Gasteiger partial charge >= 0.3 is 0 Å². The van der Waals surface area contributed by atoms with Crippen LogP contribution >= 0.6 is 23.1 Å². The SMILES string of the molecule is Cc1sc2nc(C3CSCCN3C)nc(NN)c2c1C. The fourth-order valence-electron chi connectivity index (χ4n) is 2.48. The Morgan fingerprint density at radius 1 is 1.35 bits per heavy atom. The largest absolute Gasteiger partial charge is 0.308 e. The maximum Gasteiger partial charge on any atom is 0.152 e. The molecular weight excluding hydrogens is 290 g/mol. The number of nitrogens with two attached hydrogens (primary N) is 1. The van der Waals surface area contributed by atoms with Crippen molar-refractivity contribution in [1.82, 2.24) is 14.9 Å². The number of rotatable bonds is 2. The zero-order chi connectivity index (χ0) is 14.3. The normalized spacial score (nSPS) is 20.5. The van der Waals surface area contributed by atoms with E-state index in [9.17, 15) is 0 Å². The summed E-state index contributed by atoms with van der Waals surface area (Å²) >= 11 is 3.67. The lowest BCUT2D eigenvalue weighted by Crippen LogP contribution is -2.34. The molecule has 3 rings (SSSR count). The number of hydrogen-bond acceptors (Lipinski definition) is 7. The molecule has 1 fully saturated rings. The van der Waals surface area contributed by atoms with Gasteiger partial charge in [-0.2, -0.15) is 11.8 Å². The third-order valence-electron chi connectivity index (χ3n) is 3.88. The Kier molecular flexibility index (Phi) is 3.85. The number of nitrogens with zero attached hydrogens (tertiary/aromatic N) is 3. The molecule has 1 atom stereocenters. The Labute approximate surface area is 126 Å². The molecule has 1 aliphatic rings. The number of thiophene rings is 1. The summed E-state index contributed by atoms with van der Waals surface area (Å²) in [5, 5.41) is 1.06. The van der Waals surface area contributed by atoms with Crippen molar-refractivity contribution < 1.29 is 0 Å². The summed E-state index contributed by atoms with van der Waals surface area (Å²) in [5.41, 5.74) is 3.97. The van der Waals surface area contributed by atoms with E-state index in [2.05, 4.69) is 36.2 Å². The quantitative estimate of drug-likeness (QED) is 0.655. The monoisotopic (exact) mass is 309 g/mol. The topological polar surface area (TPSA) is 67.1 Å². The van der Waals surface area contributed by atoms with Crippen molar-refractivity contribution in [3.63, 3.8) is 0 Å². The molecule has 0 amide bonds.